The number of thiophene rings is 2. The lowest BCUT2D eigenvalue weighted by molar-refractivity contribution is 1.64. The van der Waals surface area contributed by atoms with E-state index in [-0.39, 0.29) is 0 Å². The molecule has 0 saturated carbocycles. The first-order valence-corrected chi connectivity index (χ1v) is 9.99. The summed E-state index contributed by atoms with van der Waals surface area (Å²) in [6.45, 7) is 2.16. The number of aryl methyl sites for hydroxylation is 1. The van der Waals surface area contributed by atoms with E-state index in [0.29, 0.717) is 0 Å². The van der Waals surface area contributed by atoms with Crippen LogP contribution in [-0.2, 0) is 0 Å². The van der Waals surface area contributed by atoms with E-state index in [4.69, 9.17) is 0 Å². The third-order valence-corrected chi connectivity index (χ3v) is 6.91. The van der Waals surface area contributed by atoms with Crippen LogP contribution in [0.3, 0.4) is 0 Å². The molecule has 5 aromatic rings. The van der Waals surface area contributed by atoms with Crippen LogP contribution in [0.2, 0.25) is 0 Å². The van der Waals surface area contributed by atoms with Crippen LogP contribution >= 0.6 is 22.7 Å². The molecule has 2 heteroatoms. The number of benzene rings is 3. The smallest absolute Gasteiger partial charge is 0.0449 e. The van der Waals surface area contributed by atoms with Crippen molar-refractivity contribution in [3.63, 3.8) is 0 Å². The van der Waals surface area contributed by atoms with Gasteiger partial charge in [-0.25, -0.2) is 0 Å². The molecule has 0 amide bonds. The monoisotopic (exact) mass is 356 g/mol. The third kappa shape index (κ3) is 2.68. The predicted molar refractivity (Wildman–Crippen MR) is 113 cm³/mol. The molecule has 0 spiro atoms. The lowest BCUT2D eigenvalue weighted by Gasteiger charge is -2.04. The Kier molecular flexibility index (Phi) is 3.47. The Morgan fingerprint density at radius 1 is 0.520 bits per heavy atom. The van der Waals surface area contributed by atoms with Gasteiger partial charge < -0.3 is 0 Å². The van der Waals surface area contributed by atoms with Crippen LogP contribution in [-0.4, -0.2) is 0 Å². The molecule has 0 aliphatic carbocycles. The molecule has 0 bridgehead atoms. The average Bonchev–Trinajstić information content (AvgIpc) is 3.28. The number of fused-ring (bicyclic) bond motifs is 2. The molecule has 5 rings (SSSR count). The molecule has 0 radical (unpaired) electrons. The van der Waals surface area contributed by atoms with Crippen molar-refractivity contribution >= 4 is 44.2 Å². The van der Waals surface area contributed by atoms with Crippen LogP contribution in [0.1, 0.15) is 4.88 Å². The summed E-state index contributed by atoms with van der Waals surface area (Å²) < 4.78 is 0. The standard InChI is InChI=1S/C23H16S2/c1-15-6-9-22(24-15)23-11-10-21(25-23)19-8-7-18-12-16-4-2-3-5-17(16)13-20(18)14-19/h2-14H,1H3. The van der Waals surface area contributed by atoms with Gasteiger partial charge in [-0.3, -0.25) is 0 Å². The minimum Gasteiger partial charge on any atom is -0.140 e. The maximum absolute atomic E-state index is 2.32. The number of hydrogen-bond acceptors (Lipinski definition) is 2. The summed E-state index contributed by atoms with van der Waals surface area (Å²) in [4.78, 5) is 5.41. The molecule has 2 aromatic heterocycles. The largest absolute Gasteiger partial charge is 0.140 e. The lowest BCUT2D eigenvalue weighted by atomic mass is 10.0. The number of hydrogen-bond donors (Lipinski definition) is 0. The second-order valence-electron chi connectivity index (χ2n) is 6.34. The molecule has 25 heavy (non-hydrogen) atoms. The molecule has 0 unspecified atom stereocenters. The van der Waals surface area contributed by atoms with Crippen LogP contribution in [0.25, 0.3) is 41.7 Å². The highest BCUT2D eigenvalue weighted by molar-refractivity contribution is 7.23. The molecule has 3 aromatic carbocycles. The average molecular weight is 357 g/mol. The van der Waals surface area contributed by atoms with Crippen LogP contribution < -0.4 is 0 Å². The van der Waals surface area contributed by atoms with Crippen molar-refractivity contribution < 1.29 is 0 Å². The van der Waals surface area contributed by atoms with Crippen molar-refractivity contribution in [3.8, 4) is 20.2 Å². The first-order valence-electron chi connectivity index (χ1n) is 8.36. The predicted octanol–water partition coefficient (Wildman–Crippen LogP) is 7.76. The molecule has 0 fully saturated rings. The second-order valence-corrected chi connectivity index (χ2v) is 8.71. The second kappa shape index (κ2) is 5.83. The van der Waals surface area contributed by atoms with Crippen molar-refractivity contribution in [1.82, 2.24) is 0 Å². The van der Waals surface area contributed by atoms with Crippen LogP contribution in [0, 0.1) is 6.92 Å². The molecule has 0 aliphatic heterocycles. The van der Waals surface area contributed by atoms with Gasteiger partial charge in [0.1, 0.15) is 0 Å². The highest BCUT2D eigenvalue weighted by atomic mass is 32.1. The fourth-order valence-electron chi connectivity index (χ4n) is 3.29. The molecule has 120 valence electrons. The van der Waals surface area contributed by atoms with Gasteiger partial charge in [0, 0.05) is 19.5 Å². The molecule has 0 atom stereocenters. The summed E-state index contributed by atoms with van der Waals surface area (Å²) in [6, 6.07) is 28.9. The summed E-state index contributed by atoms with van der Waals surface area (Å²) in [7, 11) is 0. The lowest BCUT2D eigenvalue weighted by Crippen LogP contribution is -1.78. The van der Waals surface area contributed by atoms with Gasteiger partial charge in [0.2, 0.25) is 0 Å². The highest BCUT2D eigenvalue weighted by Crippen LogP contribution is 2.38. The maximum atomic E-state index is 2.32. The van der Waals surface area contributed by atoms with E-state index in [9.17, 15) is 0 Å². The topological polar surface area (TPSA) is 0 Å². The Hall–Kier alpha value is -2.42. The molecule has 0 nitrogen and oxygen atoms in total. The number of rotatable bonds is 2. The van der Waals surface area contributed by atoms with Gasteiger partial charge in [0.25, 0.3) is 0 Å². The third-order valence-electron chi connectivity index (χ3n) is 4.58. The van der Waals surface area contributed by atoms with Crippen molar-refractivity contribution in [1.29, 1.82) is 0 Å². The van der Waals surface area contributed by atoms with Crippen LogP contribution in [0.4, 0.5) is 0 Å². The fourth-order valence-corrected chi connectivity index (χ4v) is 5.25. The van der Waals surface area contributed by atoms with E-state index in [1.54, 1.807) is 0 Å². The molecule has 2 heterocycles. The fraction of sp³-hybridized carbons (Fsp3) is 0.0435. The molecule has 0 aliphatic rings. The van der Waals surface area contributed by atoms with E-state index in [1.165, 1.54) is 46.6 Å². The van der Waals surface area contributed by atoms with Gasteiger partial charge in [-0.2, -0.15) is 0 Å². The Balaban J connectivity index is 1.60. The van der Waals surface area contributed by atoms with Gasteiger partial charge >= 0.3 is 0 Å². The van der Waals surface area contributed by atoms with E-state index >= 15 is 0 Å². The first kappa shape index (κ1) is 14.9. The summed E-state index contributed by atoms with van der Waals surface area (Å²) in [5, 5.41) is 5.20. The normalized spacial score (nSPS) is 11.4. The van der Waals surface area contributed by atoms with E-state index in [0.717, 1.165) is 0 Å². The van der Waals surface area contributed by atoms with Crippen molar-refractivity contribution in [2.24, 2.45) is 0 Å². The Labute approximate surface area is 155 Å². The maximum Gasteiger partial charge on any atom is 0.0449 e. The van der Waals surface area contributed by atoms with Crippen molar-refractivity contribution in [2.45, 2.75) is 6.92 Å². The van der Waals surface area contributed by atoms with Gasteiger partial charge in [-0.1, -0.05) is 36.4 Å². The Morgan fingerprint density at radius 2 is 1.16 bits per heavy atom. The summed E-state index contributed by atoms with van der Waals surface area (Å²) in [5.41, 5.74) is 1.30. The zero-order valence-electron chi connectivity index (χ0n) is 13.8. The molecule has 0 N–H and O–H groups in total. The van der Waals surface area contributed by atoms with Crippen molar-refractivity contribution in [2.75, 3.05) is 0 Å². The minimum atomic E-state index is 1.30. The van der Waals surface area contributed by atoms with E-state index in [2.05, 4.69) is 85.8 Å². The van der Waals surface area contributed by atoms with Gasteiger partial charge in [-0.15, -0.1) is 22.7 Å². The van der Waals surface area contributed by atoms with Gasteiger partial charge in [0.15, 0.2) is 0 Å². The SMILES string of the molecule is Cc1ccc(-c2ccc(-c3ccc4cc5ccccc5cc4c3)s2)s1. The van der Waals surface area contributed by atoms with E-state index in [1.807, 2.05) is 22.7 Å². The Bertz CT molecular complexity index is 1210. The summed E-state index contributed by atoms with van der Waals surface area (Å²) >= 11 is 3.74. The van der Waals surface area contributed by atoms with Crippen LogP contribution in [0.15, 0.2) is 78.9 Å². The zero-order valence-corrected chi connectivity index (χ0v) is 15.5. The Morgan fingerprint density at radius 3 is 1.92 bits per heavy atom. The summed E-state index contributed by atoms with van der Waals surface area (Å²) in [5.74, 6) is 0. The molecular weight excluding hydrogens is 340 g/mol. The molecule has 0 saturated heterocycles. The van der Waals surface area contributed by atoms with Crippen molar-refractivity contribution in [3.05, 3.63) is 83.7 Å². The van der Waals surface area contributed by atoms with Gasteiger partial charge in [0.05, 0.1) is 0 Å². The van der Waals surface area contributed by atoms with Gasteiger partial charge in [-0.05, 0) is 76.5 Å². The summed E-state index contributed by atoms with van der Waals surface area (Å²) in [6.07, 6.45) is 0. The zero-order chi connectivity index (χ0) is 16.8. The first-order chi connectivity index (χ1) is 12.3. The van der Waals surface area contributed by atoms with Crippen LogP contribution in [0.5, 0.6) is 0 Å². The quantitative estimate of drug-likeness (QED) is 0.283. The molecular formula is C23H16S2. The highest BCUT2D eigenvalue weighted by Gasteiger charge is 2.08. The van der Waals surface area contributed by atoms with E-state index < -0.39 is 0 Å². The minimum absolute atomic E-state index is 1.30.